The molecule has 2 aromatic heterocycles. The summed E-state index contributed by atoms with van der Waals surface area (Å²) in [6, 6.07) is 11.3. The van der Waals surface area contributed by atoms with Crippen LogP contribution in [0.15, 0.2) is 64.1 Å². The molecule has 66 heavy (non-hydrogen) atoms. The molecular weight excluding hydrogens is 841 g/mol. The van der Waals surface area contributed by atoms with Crippen molar-refractivity contribution in [2.45, 2.75) is 76.7 Å². The maximum Gasteiger partial charge on any atom is 0.329 e. The zero-order valence-corrected chi connectivity index (χ0v) is 38.3. The van der Waals surface area contributed by atoms with Crippen LogP contribution in [0.25, 0.3) is 27.6 Å². The number of nitrogens with zero attached hydrogens (tertiary/aromatic N) is 7. The molecule has 0 bridgehead atoms. The van der Waals surface area contributed by atoms with E-state index in [9.17, 15) is 28.8 Å². The summed E-state index contributed by atoms with van der Waals surface area (Å²) in [6.45, 7) is 4.33. The molecule has 5 N–H and O–H groups in total. The summed E-state index contributed by atoms with van der Waals surface area (Å²) in [5, 5.41) is 4.60. The molecule has 2 aromatic carbocycles. The summed E-state index contributed by atoms with van der Waals surface area (Å²) in [5.74, 6) is 5.94. The van der Waals surface area contributed by atoms with Crippen LogP contribution < -0.4 is 27.5 Å². The molecule has 1 unspecified atom stereocenters. The molecule has 17 heteroatoms. The van der Waals surface area contributed by atoms with Crippen molar-refractivity contribution in [3.63, 3.8) is 0 Å². The minimum absolute atomic E-state index is 0.0147. The van der Waals surface area contributed by atoms with Crippen molar-refractivity contribution < 1.29 is 28.4 Å². The maximum absolute atomic E-state index is 14.1. The Morgan fingerprint density at radius 1 is 0.939 bits per heavy atom. The van der Waals surface area contributed by atoms with Gasteiger partial charge < -0.3 is 34.8 Å². The number of fused-ring (bicyclic) bond motifs is 2. The first kappa shape index (κ1) is 44.8. The van der Waals surface area contributed by atoms with Crippen molar-refractivity contribution in [1.29, 1.82) is 0 Å². The van der Waals surface area contributed by atoms with E-state index in [0.29, 0.717) is 69.0 Å². The van der Waals surface area contributed by atoms with Gasteiger partial charge in [0.15, 0.2) is 11.3 Å². The van der Waals surface area contributed by atoms with Crippen LogP contribution >= 0.6 is 0 Å². The van der Waals surface area contributed by atoms with E-state index in [0.717, 1.165) is 84.9 Å². The highest BCUT2D eigenvalue weighted by Gasteiger charge is 2.47. The fraction of sp³-hybridized carbons (Fsp3) is 0.510. The maximum atomic E-state index is 14.1. The summed E-state index contributed by atoms with van der Waals surface area (Å²) >= 11 is 0. The lowest BCUT2D eigenvalue weighted by molar-refractivity contribution is -0.140. The molecule has 3 saturated heterocycles. The van der Waals surface area contributed by atoms with E-state index in [1.165, 1.54) is 26.9 Å². The smallest absolute Gasteiger partial charge is 0.329 e. The average Bonchev–Trinajstić information content (AvgIpc) is 3.85. The molecule has 9 rings (SSSR count). The number of hydrazine groups is 1. The Hall–Kier alpha value is -6.36. The summed E-state index contributed by atoms with van der Waals surface area (Å²) in [6.07, 6.45) is 13.2. The number of nitrogens with two attached hydrogens (primary N) is 2. The van der Waals surface area contributed by atoms with E-state index in [4.69, 9.17) is 16.0 Å². The minimum atomic E-state index is -0.701. The number of rotatable bonds is 11. The largest absolute Gasteiger partial charge is 0.449 e. The zero-order chi connectivity index (χ0) is 46.4. The van der Waals surface area contributed by atoms with E-state index >= 15 is 0 Å². The standard InChI is InChI=1S/C49H62N10O7/c1-53(2)47(64)41-27-36-25-35(34-5-4-16-57(30-34)43(61)12-19-58(51)22-15-50)26-40(44(36)66-41)55-17-10-33(11-18-55)46(63)56-20-13-49(14-21-56)28-32(29-49)23-31-6-7-37-39(24-31)54(3)48(65)59(37)38-8-9-42(60)52-45(38)62/h5-7,15,22,24-27,32-33,38H,4,8-14,16-21,23,28-30,50-51H2,1-3H3,(H,52,60,62)/b22-15-. The number of nitrogens with one attached hydrogen (secondary N) is 1. The highest BCUT2D eigenvalue weighted by atomic mass is 16.3. The molecule has 6 heterocycles. The molecule has 1 saturated carbocycles. The SMILES string of the molecule is CN(C)C(=O)c1cc2cc(C3=CCCN(C(=O)CCN(N)/C=C\N)C3)cc(N3CCC(C(=O)N4CCC5(CC4)CC(Cc4ccc6c(c4)n(C)c(=O)n6C4CCC(=O)NC4=O)C5)CC3)c2o1. The number of anilines is 1. The van der Waals surface area contributed by atoms with Crippen molar-refractivity contribution in [2.75, 3.05) is 64.8 Å². The third-order valence-corrected chi connectivity index (χ3v) is 14.9. The van der Waals surface area contributed by atoms with Gasteiger partial charge in [0.25, 0.3) is 5.91 Å². The van der Waals surface area contributed by atoms with Crippen molar-refractivity contribution in [3.05, 3.63) is 82.2 Å². The summed E-state index contributed by atoms with van der Waals surface area (Å²) < 4.78 is 9.42. The Morgan fingerprint density at radius 2 is 1.70 bits per heavy atom. The van der Waals surface area contributed by atoms with Gasteiger partial charge in [-0.25, -0.2) is 10.6 Å². The first-order chi connectivity index (χ1) is 31.7. The monoisotopic (exact) mass is 902 g/mol. The van der Waals surface area contributed by atoms with Crippen LogP contribution in [0.3, 0.4) is 0 Å². The van der Waals surface area contributed by atoms with E-state index in [1.807, 2.05) is 17.0 Å². The molecular formula is C49H62N10O7. The van der Waals surface area contributed by atoms with Crippen LogP contribution in [0, 0.1) is 17.3 Å². The molecule has 4 fully saturated rings. The lowest BCUT2D eigenvalue weighted by Crippen LogP contribution is -2.51. The van der Waals surface area contributed by atoms with Gasteiger partial charge in [0, 0.05) is 104 Å². The number of aryl methyl sites for hydroxylation is 1. The second-order valence-electron chi connectivity index (χ2n) is 19.5. The number of imidazole rings is 1. The lowest BCUT2D eigenvalue weighted by Gasteiger charge is -2.53. The van der Waals surface area contributed by atoms with Gasteiger partial charge in [-0.2, -0.15) is 0 Å². The number of benzene rings is 2. The molecule has 1 aliphatic carbocycles. The molecule has 4 aromatic rings. The average molecular weight is 903 g/mol. The van der Waals surface area contributed by atoms with Crippen LogP contribution in [0.2, 0.25) is 0 Å². The van der Waals surface area contributed by atoms with Crippen LogP contribution in [0.1, 0.15) is 91.9 Å². The topological polar surface area (TPSA) is 206 Å². The van der Waals surface area contributed by atoms with Crippen molar-refractivity contribution in [1.82, 2.24) is 34.2 Å². The lowest BCUT2D eigenvalue weighted by atomic mass is 9.56. The Morgan fingerprint density at radius 3 is 2.41 bits per heavy atom. The molecule has 1 spiro atoms. The molecule has 0 radical (unpaired) electrons. The van der Waals surface area contributed by atoms with Crippen molar-refractivity contribution in [3.8, 4) is 0 Å². The van der Waals surface area contributed by atoms with Crippen LogP contribution in [-0.4, -0.2) is 118 Å². The number of carbonyl (C=O) groups excluding carboxylic acids is 5. The molecule has 4 aliphatic heterocycles. The second kappa shape index (κ2) is 18.1. The van der Waals surface area contributed by atoms with E-state index in [1.54, 1.807) is 31.8 Å². The van der Waals surface area contributed by atoms with Gasteiger partial charge >= 0.3 is 5.69 Å². The van der Waals surface area contributed by atoms with Gasteiger partial charge in [-0.1, -0.05) is 12.1 Å². The number of aromatic nitrogens is 2. The Balaban J connectivity index is 0.807. The second-order valence-corrected chi connectivity index (χ2v) is 19.5. The summed E-state index contributed by atoms with van der Waals surface area (Å²) in [5.41, 5.74) is 11.6. The Bertz CT molecular complexity index is 2690. The molecule has 1 atom stereocenters. The number of likely N-dealkylation sites (tertiary alicyclic amines) is 1. The van der Waals surface area contributed by atoms with Crippen LogP contribution in [0.5, 0.6) is 0 Å². The number of hydrogen-bond acceptors (Lipinski definition) is 11. The number of hydrogen-bond donors (Lipinski definition) is 3. The highest BCUT2D eigenvalue weighted by molar-refractivity contribution is 6.01. The minimum Gasteiger partial charge on any atom is -0.449 e. The van der Waals surface area contributed by atoms with Gasteiger partial charge in [0.1, 0.15) is 6.04 Å². The summed E-state index contributed by atoms with van der Waals surface area (Å²) in [7, 11) is 5.13. The summed E-state index contributed by atoms with van der Waals surface area (Å²) in [4.78, 5) is 85.7. The zero-order valence-electron chi connectivity index (χ0n) is 38.3. The van der Waals surface area contributed by atoms with Gasteiger partial charge in [-0.15, -0.1) is 0 Å². The molecule has 5 aliphatic rings. The number of amides is 5. The number of piperidine rings is 3. The first-order valence-corrected chi connectivity index (χ1v) is 23.4. The van der Waals surface area contributed by atoms with E-state index in [2.05, 4.69) is 39.4 Å². The number of imide groups is 1. The highest BCUT2D eigenvalue weighted by Crippen LogP contribution is 2.54. The Labute approximate surface area is 383 Å². The van der Waals surface area contributed by atoms with E-state index in [-0.39, 0.29) is 59.3 Å². The molecule has 5 amide bonds. The fourth-order valence-corrected chi connectivity index (χ4v) is 11.3. The van der Waals surface area contributed by atoms with Gasteiger partial charge in [0.05, 0.1) is 16.7 Å². The predicted octanol–water partition coefficient (Wildman–Crippen LogP) is 3.86. The first-order valence-electron chi connectivity index (χ1n) is 23.4. The van der Waals surface area contributed by atoms with Crippen LogP contribution in [0.4, 0.5) is 5.69 Å². The van der Waals surface area contributed by atoms with Crippen LogP contribution in [-0.2, 0) is 32.6 Å². The quantitative estimate of drug-likeness (QED) is 0.112. The fourth-order valence-electron chi connectivity index (χ4n) is 11.3. The van der Waals surface area contributed by atoms with Gasteiger partial charge in [-0.3, -0.25) is 38.4 Å². The molecule has 17 nitrogen and oxygen atoms in total. The predicted molar refractivity (Wildman–Crippen MR) is 250 cm³/mol. The Kier molecular flexibility index (Phi) is 12.3. The molecule has 350 valence electrons. The van der Waals surface area contributed by atoms with E-state index < -0.39 is 11.9 Å². The third kappa shape index (κ3) is 8.72. The normalized spacial score (nSPS) is 20.6. The van der Waals surface area contributed by atoms with Crippen molar-refractivity contribution >= 4 is 62.8 Å². The van der Waals surface area contributed by atoms with Gasteiger partial charge in [0.2, 0.25) is 23.6 Å². The third-order valence-electron chi connectivity index (χ3n) is 14.9. The number of furan rings is 1. The van der Waals surface area contributed by atoms with Gasteiger partial charge in [-0.05, 0) is 116 Å². The number of carbonyl (C=O) groups is 5. The van der Waals surface area contributed by atoms with Crippen molar-refractivity contribution in [2.24, 2.45) is 35.9 Å².